The van der Waals surface area contributed by atoms with Gasteiger partial charge in [0.05, 0.1) is 32.0 Å². The third-order valence-electron chi connectivity index (χ3n) is 13.7. The van der Waals surface area contributed by atoms with E-state index in [1.165, 1.54) is 89.9 Å². The second kappa shape index (κ2) is 43.9. The summed E-state index contributed by atoms with van der Waals surface area (Å²) in [4.78, 5) is 13.1. The van der Waals surface area contributed by atoms with E-state index in [1.54, 1.807) is 0 Å². The summed E-state index contributed by atoms with van der Waals surface area (Å²) < 4.78 is 22.6. The molecule has 2 fully saturated rings. The molecule has 0 aromatic heterocycles. The van der Waals surface area contributed by atoms with Crippen LogP contribution < -0.4 is 5.32 Å². The van der Waals surface area contributed by atoms with Crippen LogP contribution in [0.1, 0.15) is 206 Å². The first-order valence-electron chi connectivity index (χ1n) is 28.5. The fourth-order valence-electron chi connectivity index (χ4n) is 9.15. The van der Waals surface area contributed by atoms with Crippen molar-refractivity contribution in [2.24, 2.45) is 0 Å². The molecule has 418 valence electrons. The number of carbonyl (C=O) groups is 1. The zero-order valence-electron chi connectivity index (χ0n) is 44.7. The van der Waals surface area contributed by atoms with E-state index in [1.807, 2.05) is 0 Å². The van der Waals surface area contributed by atoms with Crippen molar-refractivity contribution in [2.75, 3.05) is 19.8 Å². The van der Waals surface area contributed by atoms with Crippen molar-refractivity contribution in [3.63, 3.8) is 0 Å². The second-order valence-electron chi connectivity index (χ2n) is 20.0. The first kappa shape index (κ1) is 65.8. The van der Waals surface area contributed by atoms with Crippen LogP contribution in [0.4, 0.5) is 0 Å². The van der Waals surface area contributed by atoms with Gasteiger partial charge in [-0.05, 0) is 57.8 Å². The lowest BCUT2D eigenvalue weighted by atomic mass is 9.97. The summed E-state index contributed by atoms with van der Waals surface area (Å²) in [6, 6.07) is -0.825. The number of hydrogen-bond acceptors (Lipinski definition) is 13. The smallest absolute Gasteiger partial charge is 0.220 e. The number of rotatable bonds is 44. The zero-order valence-corrected chi connectivity index (χ0v) is 44.7. The first-order valence-corrected chi connectivity index (χ1v) is 28.5. The van der Waals surface area contributed by atoms with E-state index in [2.05, 4.69) is 79.9 Å². The van der Waals surface area contributed by atoms with Crippen LogP contribution in [-0.4, -0.2) is 140 Å². The maximum atomic E-state index is 13.1. The number of unbranched alkanes of at least 4 members (excludes halogenated alkanes) is 21. The van der Waals surface area contributed by atoms with Crippen LogP contribution in [0.3, 0.4) is 0 Å². The third kappa shape index (κ3) is 29.7. The Morgan fingerprint density at radius 1 is 0.514 bits per heavy atom. The van der Waals surface area contributed by atoms with E-state index in [0.29, 0.717) is 12.8 Å². The van der Waals surface area contributed by atoms with Gasteiger partial charge in [-0.1, -0.05) is 203 Å². The Bertz CT molecular complexity index is 1440. The normalized spacial score (nSPS) is 26.0. The van der Waals surface area contributed by atoms with Crippen LogP contribution in [0, 0.1) is 0 Å². The van der Waals surface area contributed by atoms with Crippen molar-refractivity contribution in [3.8, 4) is 0 Å². The van der Waals surface area contributed by atoms with Gasteiger partial charge < -0.3 is 65.1 Å². The summed E-state index contributed by atoms with van der Waals surface area (Å²) in [7, 11) is 0. The van der Waals surface area contributed by atoms with Gasteiger partial charge in [-0.2, -0.15) is 0 Å². The SMILES string of the molecule is CC/C=C\C/C=C\C/C=C\C/C=C\C/C=C\CCCCCCCCCCCCCCCCCCCC(=O)NC(COC1OC(CO)C(OC2OC(CO)C(O)C(O)C2O)C(O)C1O)C(O)CCCCCCC. The van der Waals surface area contributed by atoms with Crippen LogP contribution in [0.25, 0.3) is 0 Å². The predicted molar refractivity (Wildman–Crippen MR) is 286 cm³/mol. The second-order valence-corrected chi connectivity index (χ2v) is 20.0. The van der Waals surface area contributed by atoms with Crippen LogP contribution in [0.15, 0.2) is 60.8 Å². The number of amides is 1. The van der Waals surface area contributed by atoms with Gasteiger partial charge in [0.2, 0.25) is 5.91 Å². The van der Waals surface area contributed by atoms with E-state index in [9.17, 15) is 45.6 Å². The minimum Gasteiger partial charge on any atom is -0.394 e. The maximum Gasteiger partial charge on any atom is 0.220 e. The van der Waals surface area contributed by atoms with E-state index in [4.69, 9.17) is 18.9 Å². The number of carbonyl (C=O) groups excluding carboxylic acids is 1. The highest BCUT2D eigenvalue weighted by atomic mass is 16.7. The molecule has 0 aromatic carbocycles. The Hall–Kier alpha value is -2.31. The molecule has 0 saturated carbocycles. The molecule has 1 amide bonds. The Kier molecular flexibility index (Phi) is 40.1. The van der Waals surface area contributed by atoms with Gasteiger partial charge in [0.1, 0.15) is 48.8 Å². The van der Waals surface area contributed by atoms with E-state index in [0.717, 1.165) is 89.9 Å². The molecular formula is C58H103NO13. The molecular weight excluding hydrogens is 919 g/mol. The molecule has 2 saturated heterocycles. The number of nitrogens with one attached hydrogen (secondary N) is 1. The molecule has 9 N–H and O–H groups in total. The number of hydrogen-bond donors (Lipinski definition) is 9. The standard InChI is InChI=1S/C58H103NO13/c1-3-5-7-9-10-11-12-13-14-15-16-17-18-19-20-21-22-23-24-25-26-27-28-29-30-31-32-33-34-35-36-38-40-42-50(63)59-46(47(62)41-39-37-8-6-4-2)45-69-57-55(68)53(66)56(49(44-61)71-57)72-58-54(67)52(65)51(64)48(43-60)70-58/h5,7,10-11,13-14,16-17,19-20,46-49,51-58,60-62,64-68H,3-4,6,8-9,12,15,18,21-45H2,1-2H3,(H,59,63)/b7-5-,11-10-,14-13-,17-16-,20-19-. The van der Waals surface area contributed by atoms with E-state index in [-0.39, 0.29) is 12.5 Å². The lowest BCUT2D eigenvalue weighted by molar-refractivity contribution is -0.359. The maximum absolute atomic E-state index is 13.1. The van der Waals surface area contributed by atoms with Gasteiger partial charge in [0.25, 0.3) is 0 Å². The molecule has 12 unspecified atom stereocenters. The minimum atomic E-state index is -1.78. The zero-order chi connectivity index (χ0) is 52.4. The van der Waals surface area contributed by atoms with Gasteiger partial charge in [-0.25, -0.2) is 0 Å². The van der Waals surface area contributed by atoms with Crippen LogP contribution in [0.2, 0.25) is 0 Å². The molecule has 0 aliphatic carbocycles. The topological polar surface area (TPSA) is 228 Å². The Morgan fingerprint density at radius 2 is 0.958 bits per heavy atom. The average Bonchev–Trinajstić information content (AvgIpc) is 3.38. The molecule has 2 aliphatic rings. The molecule has 0 aromatic rings. The fraction of sp³-hybridized carbons (Fsp3) is 0.810. The highest BCUT2D eigenvalue weighted by Crippen LogP contribution is 2.30. The Labute approximate surface area is 435 Å². The molecule has 2 rings (SSSR count). The minimum absolute atomic E-state index is 0.215. The van der Waals surface area contributed by atoms with Gasteiger partial charge in [-0.15, -0.1) is 0 Å². The van der Waals surface area contributed by atoms with Crippen molar-refractivity contribution in [3.05, 3.63) is 60.8 Å². The third-order valence-corrected chi connectivity index (χ3v) is 13.7. The van der Waals surface area contributed by atoms with Gasteiger partial charge in [0.15, 0.2) is 12.6 Å². The molecule has 12 atom stereocenters. The molecule has 0 radical (unpaired) electrons. The summed E-state index contributed by atoms with van der Waals surface area (Å²) in [5.74, 6) is -0.215. The summed E-state index contributed by atoms with van der Waals surface area (Å²) in [5, 5.41) is 86.5. The van der Waals surface area contributed by atoms with Crippen LogP contribution in [-0.2, 0) is 23.7 Å². The number of aliphatic hydroxyl groups is 8. The highest BCUT2D eigenvalue weighted by Gasteiger charge is 2.51. The summed E-state index contributed by atoms with van der Waals surface area (Å²) in [5.41, 5.74) is 0. The van der Waals surface area contributed by atoms with Crippen LogP contribution >= 0.6 is 0 Å². The molecule has 0 spiro atoms. The van der Waals surface area contributed by atoms with Gasteiger partial charge in [0, 0.05) is 6.42 Å². The predicted octanol–water partition coefficient (Wildman–Crippen LogP) is 9.00. The van der Waals surface area contributed by atoms with Crippen molar-refractivity contribution in [2.45, 2.75) is 280 Å². The van der Waals surface area contributed by atoms with E-state index >= 15 is 0 Å². The van der Waals surface area contributed by atoms with Crippen molar-refractivity contribution in [1.82, 2.24) is 5.32 Å². The largest absolute Gasteiger partial charge is 0.394 e. The van der Waals surface area contributed by atoms with Gasteiger partial charge >= 0.3 is 0 Å². The quantitative estimate of drug-likeness (QED) is 0.0205. The molecule has 14 heteroatoms. The average molecular weight is 1020 g/mol. The summed E-state index contributed by atoms with van der Waals surface area (Å²) in [6.07, 6.45) is 38.8. The highest BCUT2D eigenvalue weighted by molar-refractivity contribution is 5.76. The Balaban J connectivity index is 1.55. The molecule has 2 aliphatic heterocycles. The fourth-order valence-corrected chi connectivity index (χ4v) is 9.15. The molecule has 0 bridgehead atoms. The molecule has 14 nitrogen and oxygen atoms in total. The molecule has 72 heavy (non-hydrogen) atoms. The summed E-state index contributed by atoms with van der Waals surface area (Å²) >= 11 is 0. The Morgan fingerprint density at radius 3 is 1.47 bits per heavy atom. The monoisotopic (exact) mass is 1020 g/mol. The van der Waals surface area contributed by atoms with Crippen molar-refractivity contribution in [1.29, 1.82) is 0 Å². The van der Waals surface area contributed by atoms with Crippen molar-refractivity contribution >= 4 is 5.91 Å². The van der Waals surface area contributed by atoms with Crippen molar-refractivity contribution < 1.29 is 64.6 Å². The number of ether oxygens (including phenoxy) is 4. The van der Waals surface area contributed by atoms with Crippen LogP contribution in [0.5, 0.6) is 0 Å². The molecule has 2 heterocycles. The first-order chi connectivity index (χ1) is 35.1. The van der Waals surface area contributed by atoms with Gasteiger partial charge in [-0.3, -0.25) is 4.79 Å². The van der Waals surface area contributed by atoms with E-state index < -0.39 is 86.8 Å². The lowest BCUT2D eigenvalue weighted by Gasteiger charge is -2.46. The number of allylic oxidation sites excluding steroid dienone is 10. The number of aliphatic hydroxyl groups excluding tert-OH is 8. The summed E-state index contributed by atoms with van der Waals surface area (Å²) in [6.45, 7) is 2.63. The lowest BCUT2D eigenvalue weighted by Crippen LogP contribution is -2.65.